The summed E-state index contributed by atoms with van der Waals surface area (Å²) in [7, 11) is 0. The number of unbranched alkanes of at least 4 members (excludes halogenated alkanes) is 10. The Bertz CT molecular complexity index is 209. The van der Waals surface area contributed by atoms with Crippen molar-refractivity contribution in [1.82, 2.24) is 0 Å². The minimum absolute atomic E-state index is 0.0214. The van der Waals surface area contributed by atoms with Gasteiger partial charge in [-0.25, -0.2) is 0 Å². The Labute approximate surface area is 132 Å². The van der Waals surface area contributed by atoms with Gasteiger partial charge in [0.1, 0.15) is 0 Å². The van der Waals surface area contributed by atoms with Crippen molar-refractivity contribution >= 4 is 0 Å². The lowest BCUT2D eigenvalue weighted by molar-refractivity contribution is 0.0216. The van der Waals surface area contributed by atoms with Gasteiger partial charge in [0.2, 0.25) is 0 Å². The van der Waals surface area contributed by atoms with Gasteiger partial charge in [-0.15, -0.1) is 0 Å². The zero-order valence-electron chi connectivity index (χ0n) is 14.4. The number of aliphatic hydroxyl groups excluding tert-OH is 2. The van der Waals surface area contributed by atoms with E-state index in [0.29, 0.717) is 6.42 Å². The zero-order valence-corrected chi connectivity index (χ0v) is 14.4. The van der Waals surface area contributed by atoms with E-state index in [1.807, 2.05) is 0 Å². The normalized spacial score (nSPS) is 15.9. The number of aliphatic hydroxyl groups is 2. The van der Waals surface area contributed by atoms with Crippen LogP contribution in [0.3, 0.4) is 0 Å². The van der Waals surface area contributed by atoms with Gasteiger partial charge in [-0.1, -0.05) is 77.6 Å². The first kappa shape index (κ1) is 20.9. The van der Waals surface area contributed by atoms with Gasteiger partial charge in [0.15, 0.2) is 0 Å². The summed E-state index contributed by atoms with van der Waals surface area (Å²) in [5, 5.41) is 18.8. The van der Waals surface area contributed by atoms with Crippen molar-refractivity contribution in [2.45, 2.75) is 116 Å². The SMILES string of the molecule is CCCCCCCCCCCCC[C@H](N)C[C@H](O)[C@@H](C)O. The van der Waals surface area contributed by atoms with E-state index in [4.69, 9.17) is 5.73 Å². The molecule has 0 rings (SSSR count). The Morgan fingerprint density at radius 2 is 1.19 bits per heavy atom. The molecule has 0 bridgehead atoms. The molecule has 0 aliphatic carbocycles. The molecule has 4 N–H and O–H groups in total. The molecule has 3 atom stereocenters. The topological polar surface area (TPSA) is 66.5 Å². The molecule has 3 nitrogen and oxygen atoms in total. The molecular weight excluding hydrogens is 262 g/mol. The minimum Gasteiger partial charge on any atom is -0.391 e. The third kappa shape index (κ3) is 14.6. The molecule has 0 unspecified atom stereocenters. The lowest BCUT2D eigenvalue weighted by Gasteiger charge is -2.18. The van der Waals surface area contributed by atoms with Crippen LogP contribution < -0.4 is 5.73 Å². The molecule has 128 valence electrons. The molecule has 0 aliphatic heterocycles. The van der Waals surface area contributed by atoms with Crippen LogP contribution in [0.25, 0.3) is 0 Å². The van der Waals surface area contributed by atoms with E-state index in [-0.39, 0.29) is 6.04 Å². The molecule has 0 spiro atoms. The largest absolute Gasteiger partial charge is 0.391 e. The Morgan fingerprint density at radius 1 is 0.762 bits per heavy atom. The molecule has 0 fully saturated rings. The summed E-state index contributed by atoms with van der Waals surface area (Å²) < 4.78 is 0. The molecule has 0 aromatic rings. The first-order valence-corrected chi connectivity index (χ1v) is 9.19. The third-order valence-electron chi connectivity index (χ3n) is 4.28. The van der Waals surface area contributed by atoms with Gasteiger partial charge in [-0.05, 0) is 19.8 Å². The van der Waals surface area contributed by atoms with Gasteiger partial charge in [-0.2, -0.15) is 0 Å². The molecule has 0 aliphatic rings. The molecule has 0 radical (unpaired) electrons. The second-order valence-corrected chi connectivity index (χ2v) is 6.63. The fraction of sp³-hybridized carbons (Fsp3) is 1.00. The van der Waals surface area contributed by atoms with Crippen molar-refractivity contribution in [2.75, 3.05) is 0 Å². The van der Waals surface area contributed by atoms with Crippen LogP contribution in [0.5, 0.6) is 0 Å². The van der Waals surface area contributed by atoms with Gasteiger partial charge >= 0.3 is 0 Å². The van der Waals surface area contributed by atoms with Crippen molar-refractivity contribution in [3.8, 4) is 0 Å². The van der Waals surface area contributed by atoms with E-state index >= 15 is 0 Å². The maximum absolute atomic E-state index is 9.54. The molecular formula is C18H39NO2. The monoisotopic (exact) mass is 301 g/mol. The molecule has 0 aromatic heterocycles. The standard InChI is InChI=1S/C18H39NO2/c1-3-4-5-6-7-8-9-10-11-12-13-14-17(19)15-18(21)16(2)20/h16-18,20-21H,3-15,19H2,1-2H3/t16-,17+,18+/m1/s1. The Morgan fingerprint density at radius 3 is 1.62 bits per heavy atom. The Hall–Kier alpha value is -0.120. The smallest absolute Gasteiger partial charge is 0.0811 e. The van der Waals surface area contributed by atoms with Crippen LogP contribution in [0, 0.1) is 0 Å². The number of hydrogen-bond donors (Lipinski definition) is 3. The quantitative estimate of drug-likeness (QED) is 0.398. The average Bonchev–Trinajstić information content (AvgIpc) is 2.44. The van der Waals surface area contributed by atoms with Gasteiger partial charge in [-0.3, -0.25) is 0 Å². The predicted octanol–water partition coefficient (Wildman–Crippen LogP) is 4.15. The van der Waals surface area contributed by atoms with Gasteiger partial charge in [0.05, 0.1) is 12.2 Å². The van der Waals surface area contributed by atoms with Crippen LogP contribution in [0.15, 0.2) is 0 Å². The van der Waals surface area contributed by atoms with Crippen molar-refractivity contribution in [2.24, 2.45) is 5.73 Å². The van der Waals surface area contributed by atoms with Gasteiger partial charge in [0.25, 0.3) is 0 Å². The molecule has 0 aromatic carbocycles. The fourth-order valence-corrected chi connectivity index (χ4v) is 2.70. The minimum atomic E-state index is -0.673. The summed E-state index contributed by atoms with van der Waals surface area (Å²) in [6, 6.07) is 0.0214. The summed E-state index contributed by atoms with van der Waals surface area (Å²) in [5.74, 6) is 0. The lowest BCUT2D eigenvalue weighted by Crippen LogP contribution is -2.32. The average molecular weight is 302 g/mol. The highest BCUT2D eigenvalue weighted by molar-refractivity contribution is 4.71. The molecule has 0 saturated carbocycles. The summed E-state index contributed by atoms with van der Waals surface area (Å²) in [6.07, 6.45) is 14.9. The summed E-state index contributed by atoms with van der Waals surface area (Å²) in [6.45, 7) is 3.87. The number of hydrogen-bond acceptors (Lipinski definition) is 3. The van der Waals surface area contributed by atoms with Crippen molar-refractivity contribution < 1.29 is 10.2 Å². The molecule has 21 heavy (non-hydrogen) atoms. The highest BCUT2D eigenvalue weighted by Crippen LogP contribution is 2.13. The van der Waals surface area contributed by atoms with E-state index < -0.39 is 12.2 Å². The van der Waals surface area contributed by atoms with Crippen LogP contribution in [-0.4, -0.2) is 28.5 Å². The highest BCUT2D eigenvalue weighted by atomic mass is 16.3. The van der Waals surface area contributed by atoms with E-state index in [1.54, 1.807) is 6.92 Å². The molecule has 0 saturated heterocycles. The molecule has 0 heterocycles. The Kier molecular flexibility index (Phi) is 14.7. The van der Waals surface area contributed by atoms with Crippen LogP contribution in [0.2, 0.25) is 0 Å². The van der Waals surface area contributed by atoms with Gasteiger partial charge in [0, 0.05) is 6.04 Å². The second kappa shape index (κ2) is 14.8. The van der Waals surface area contributed by atoms with Crippen molar-refractivity contribution in [3.05, 3.63) is 0 Å². The number of nitrogens with two attached hydrogens (primary N) is 1. The van der Waals surface area contributed by atoms with Gasteiger partial charge < -0.3 is 15.9 Å². The van der Waals surface area contributed by atoms with Crippen LogP contribution in [0.1, 0.15) is 97.3 Å². The molecule has 0 amide bonds. The van der Waals surface area contributed by atoms with Crippen LogP contribution in [-0.2, 0) is 0 Å². The number of rotatable bonds is 15. The van der Waals surface area contributed by atoms with Crippen molar-refractivity contribution in [1.29, 1.82) is 0 Å². The highest BCUT2D eigenvalue weighted by Gasteiger charge is 2.14. The third-order valence-corrected chi connectivity index (χ3v) is 4.28. The van der Waals surface area contributed by atoms with E-state index in [2.05, 4.69) is 6.92 Å². The first-order chi connectivity index (χ1) is 10.1. The van der Waals surface area contributed by atoms with E-state index in [0.717, 1.165) is 12.8 Å². The summed E-state index contributed by atoms with van der Waals surface area (Å²) in [5.41, 5.74) is 5.96. The van der Waals surface area contributed by atoms with Crippen LogP contribution in [0.4, 0.5) is 0 Å². The fourth-order valence-electron chi connectivity index (χ4n) is 2.70. The van der Waals surface area contributed by atoms with Crippen molar-refractivity contribution in [3.63, 3.8) is 0 Å². The second-order valence-electron chi connectivity index (χ2n) is 6.63. The molecule has 3 heteroatoms. The summed E-state index contributed by atoms with van der Waals surface area (Å²) >= 11 is 0. The maximum Gasteiger partial charge on any atom is 0.0811 e. The maximum atomic E-state index is 9.54. The lowest BCUT2D eigenvalue weighted by atomic mass is 10.00. The predicted molar refractivity (Wildman–Crippen MR) is 91.4 cm³/mol. The summed E-state index contributed by atoms with van der Waals surface area (Å²) in [4.78, 5) is 0. The van der Waals surface area contributed by atoms with E-state index in [9.17, 15) is 10.2 Å². The van der Waals surface area contributed by atoms with E-state index in [1.165, 1.54) is 64.2 Å². The first-order valence-electron chi connectivity index (χ1n) is 9.19. The Balaban J connectivity index is 3.21. The zero-order chi connectivity index (χ0) is 15.9. The van der Waals surface area contributed by atoms with Crippen LogP contribution >= 0.6 is 0 Å².